The smallest absolute Gasteiger partial charge is 0.418 e. The van der Waals surface area contributed by atoms with Crippen LogP contribution in [0.1, 0.15) is 31.0 Å². The number of hydrogen-bond acceptors (Lipinski definition) is 4. The molecule has 2 aromatic carbocycles. The maximum atomic E-state index is 13.1. The summed E-state index contributed by atoms with van der Waals surface area (Å²) in [4.78, 5) is 12.4. The fraction of sp³-hybridized carbons (Fsp3) is 0.350. The number of halogens is 3. The van der Waals surface area contributed by atoms with Crippen molar-refractivity contribution in [1.82, 2.24) is 5.32 Å². The van der Waals surface area contributed by atoms with Crippen molar-refractivity contribution in [3.05, 3.63) is 53.6 Å². The Bertz CT molecular complexity index is 825. The molecule has 0 heterocycles. The van der Waals surface area contributed by atoms with E-state index in [9.17, 15) is 18.0 Å². The molecule has 0 aliphatic heterocycles. The van der Waals surface area contributed by atoms with Crippen molar-refractivity contribution >= 4 is 11.6 Å². The Morgan fingerprint density at radius 1 is 1.04 bits per heavy atom. The number of anilines is 1. The highest BCUT2D eigenvalue weighted by molar-refractivity contribution is 5.95. The number of nitrogens with one attached hydrogen (secondary N) is 2. The predicted octanol–water partition coefficient (Wildman–Crippen LogP) is 4.40. The maximum absolute atomic E-state index is 13.1. The number of carbonyl (C=O) groups is 1. The summed E-state index contributed by atoms with van der Waals surface area (Å²) in [6, 6.07) is 9.06. The number of rotatable bonds is 7. The summed E-state index contributed by atoms with van der Waals surface area (Å²) in [5.74, 6) is 0.655. The second-order valence-electron chi connectivity index (χ2n) is 6.25. The number of benzene rings is 2. The quantitative estimate of drug-likeness (QED) is 0.728. The van der Waals surface area contributed by atoms with Gasteiger partial charge in [-0.1, -0.05) is 12.1 Å². The average Bonchev–Trinajstić information content (AvgIpc) is 2.66. The minimum Gasteiger partial charge on any atom is -0.497 e. The van der Waals surface area contributed by atoms with Crippen LogP contribution in [0.15, 0.2) is 42.5 Å². The Morgan fingerprint density at radius 3 is 2.32 bits per heavy atom. The molecule has 2 N–H and O–H groups in total. The molecule has 0 fully saturated rings. The highest BCUT2D eigenvalue weighted by Crippen LogP contribution is 2.34. The molecular formula is C20H23F3N2O3. The van der Waals surface area contributed by atoms with Crippen LogP contribution in [-0.4, -0.2) is 26.2 Å². The van der Waals surface area contributed by atoms with E-state index < -0.39 is 23.7 Å². The summed E-state index contributed by atoms with van der Waals surface area (Å²) in [6.07, 6.45) is -4.55. The van der Waals surface area contributed by atoms with Gasteiger partial charge in [-0.2, -0.15) is 13.2 Å². The van der Waals surface area contributed by atoms with Crippen LogP contribution in [0.4, 0.5) is 18.9 Å². The molecule has 2 unspecified atom stereocenters. The zero-order chi connectivity index (χ0) is 20.9. The zero-order valence-corrected chi connectivity index (χ0v) is 16.1. The van der Waals surface area contributed by atoms with E-state index in [0.717, 1.165) is 11.6 Å². The molecule has 0 bridgehead atoms. The fourth-order valence-corrected chi connectivity index (χ4v) is 2.80. The first-order chi connectivity index (χ1) is 13.2. The van der Waals surface area contributed by atoms with Crippen molar-refractivity contribution in [3.8, 4) is 11.5 Å². The third-order valence-electron chi connectivity index (χ3n) is 4.29. The number of carbonyl (C=O) groups excluding carboxylic acids is 1. The molecule has 8 heteroatoms. The number of ether oxygens (including phenoxy) is 2. The molecule has 152 valence electrons. The summed E-state index contributed by atoms with van der Waals surface area (Å²) in [6.45, 7) is 3.40. The Labute approximate surface area is 161 Å². The minimum absolute atomic E-state index is 0.278. The lowest BCUT2D eigenvalue weighted by Gasteiger charge is -2.23. The van der Waals surface area contributed by atoms with Gasteiger partial charge in [0.05, 0.1) is 31.5 Å². The summed E-state index contributed by atoms with van der Waals surface area (Å²) in [5, 5.41) is 5.42. The number of methoxy groups -OCH3 is 2. The molecule has 28 heavy (non-hydrogen) atoms. The lowest BCUT2D eigenvalue weighted by atomic mass is 10.1. The number of hydrogen-bond donors (Lipinski definition) is 2. The van der Waals surface area contributed by atoms with Crippen molar-refractivity contribution in [2.24, 2.45) is 0 Å². The van der Waals surface area contributed by atoms with E-state index in [-0.39, 0.29) is 11.7 Å². The lowest BCUT2D eigenvalue weighted by Crippen LogP contribution is -2.39. The summed E-state index contributed by atoms with van der Waals surface area (Å²) >= 11 is 0. The fourth-order valence-electron chi connectivity index (χ4n) is 2.80. The van der Waals surface area contributed by atoms with Crippen molar-refractivity contribution in [2.45, 2.75) is 32.1 Å². The van der Waals surface area contributed by atoms with Gasteiger partial charge in [0.2, 0.25) is 5.91 Å². The first-order valence-electron chi connectivity index (χ1n) is 8.62. The second kappa shape index (κ2) is 8.97. The van der Waals surface area contributed by atoms with Gasteiger partial charge in [0.15, 0.2) is 0 Å². The Hall–Kier alpha value is -2.74. The molecule has 0 radical (unpaired) electrons. The zero-order valence-electron chi connectivity index (χ0n) is 16.1. The number of amides is 1. The standard InChI is InChI=1S/C20H23F3N2O3/c1-12(15-11-14(27-3)9-10-18(15)28-4)24-13(2)19(26)25-17-8-6-5-7-16(17)20(21,22)23/h5-13,24H,1-4H3,(H,25,26). The SMILES string of the molecule is COc1ccc(OC)c(C(C)NC(C)C(=O)Nc2ccccc2C(F)(F)F)c1. The first-order valence-corrected chi connectivity index (χ1v) is 8.62. The van der Waals surface area contributed by atoms with E-state index in [0.29, 0.717) is 11.5 Å². The van der Waals surface area contributed by atoms with Crippen LogP contribution in [0, 0.1) is 0 Å². The lowest BCUT2D eigenvalue weighted by molar-refractivity contribution is -0.137. The van der Waals surface area contributed by atoms with Gasteiger partial charge in [-0.15, -0.1) is 0 Å². The van der Waals surface area contributed by atoms with Gasteiger partial charge in [0.1, 0.15) is 11.5 Å². The van der Waals surface area contributed by atoms with Crippen molar-refractivity contribution in [1.29, 1.82) is 0 Å². The largest absolute Gasteiger partial charge is 0.497 e. The Morgan fingerprint density at radius 2 is 1.71 bits per heavy atom. The van der Waals surface area contributed by atoms with Crippen LogP contribution in [-0.2, 0) is 11.0 Å². The van der Waals surface area contributed by atoms with Gasteiger partial charge in [-0.05, 0) is 44.2 Å². The van der Waals surface area contributed by atoms with Gasteiger partial charge in [-0.25, -0.2) is 0 Å². The molecule has 5 nitrogen and oxygen atoms in total. The summed E-state index contributed by atoms with van der Waals surface area (Å²) < 4.78 is 49.8. The molecule has 0 aromatic heterocycles. The van der Waals surface area contributed by atoms with E-state index in [1.165, 1.54) is 32.4 Å². The van der Waals surface area contributed by atoms with Crippen LogP contribution in [0.5, 0.6) is 11.5 Å². The average molecular weight is 396 g/mol. The van der Waals surface area contributed by atoms with Gasteiger partial charge in [-0.3, -0.25) is 10.1 Å². The minimum atomic E-state index is -4.55. The van der Waals surface area contributed by atoms with Crippen molar-refractivity contribution in [3.63, 3.8) is 0 Å². The normalized spacial score (nSPS) is 13.5. The second-order valence-corrected chi connectivity index (χ2v) is 6.25. The maximum Gasteiger partial charge on any atom is 0.418 e. The highest BCUT2D eigenvalue weighted by atomic mass is 19.4. The summed E-state index contributed by atoms with van der Waals surface area (Å²) in [7, 11) is 3.07. The highest BCUT2D eigenvalue weighted by Gasteiger charge is 2.34. The molecule has 0 spiro atoms. The van der Waals surface area contributed by atoms with Crippen LogP contribution < -0.4 is 20.1 Å². The van der Waals surface area contributed by atoms with E-state index >= 15 is 0 Å². The van der Waals surface area contributed by atoms with Crippen LogP contribution >= 0.6 is 0 Å². The third kappa shape index (κ3) is 5.16. The van der Waals surface area contributed by atoms with Gasteiger partial charge < -0.3 is 14.8 Å². The molecule has 0 aliphatic rings. The van der Waals surface area contributed by atoms with E-state index in [1.807, 2.05) is 6.92 Å². The first kappa shape index (κ1) is 21.6. The summed E-state index contributed by atoms with van der Waals surface area (Å²) in [5.41, 5.74) is -0.407. The van der Waals surface area contributed by atoms with E-state index in [1.54, 1.807) is 25.1 Å². The van der Waals surface area contributed by atoms with Gasteiger partial charge >= 0.3 is 6.18 Å². The Kier molecular flexibility index (Phi) is 6.90. The molecule has 0 aliphatic carbocycles. The van der Waals surface area contributed by atoms with Crippen molar-refractivity contribution < 1.29 is 27.4 Å². The number of para-hydroxylation sites is 1. The third-order valence-corrected chi connectivity index (χ3v) is 4.29. The molecule has 0 saturated heterocycles. The van der Waals surface area contributed by atoms with E-state index in [4.69, 9.17) is 9.47 Å². The molecule has 2 aromatic rings. The van der Waals surface area contributed by atoms with Crippen LogP contribution in [0.2, 0.25) is 0 Å². The van der Waals surface area contributed by atoms with Crippen molar-refractivity contribution in [2.75, 3.05) is 19.5 Å². The van der Waals surface area contributed by atoms with E-state index in [2.05, 4.69) is 10.6 Å². The number of alkyl halides is 3. The molecule has 0 saturated carbocycles. The molecule has 2 atom stereocenters. The molecule has 1 amide bonds. The predicted molar refractivity (Wildman–Crippen MR) is 101 cm³/mol. The van der Waals surface area contributed by atoms with Crippen LogP contribution in [0.3, 0.4) is 0 Å². The van der Waals surface area contributed by atoms with Gasteiger partial charge in [0, 0.05) is 11.6 Å². The van der Waals surface area contributed by atoms with Crippen LogP contribution in [0.25, 0.3) is 0 Å². The monoisotopic (exact) mass is 396 g/mol. The molecule has 2 rings (SSSR count). The Balaban J connectivity index is 2.13. The van der Waals surface area contributed by atoms with Gasteiger partial charge in [0.25, 0.3) is 0 Å². The molecular weight excluding hydrogens is 373 g/mol. The topological polar surface area (TPSA) is 59.6 Å².